The smallest absolute Gasteiger partial charge is 0.259 e. The number of para-hydroxylation sites is 1. The molecule has 2 aromatic carbocycles. The fourth-order valence-corrected chi connectivity index (χ4v) is 3.63. The van der Waals surface area contributed by atoms with Gasteiger partial charge in [0.1, 0.15) is 17.5 Å². The van der Waals surface area contributed by atoms with E-state index in [-0.39, 0.29) is 22.9 Å². The van der Waals surface area contributed by atoms with E-state index in [1.807, 2.05) is 32.0 Å². The highest BCUT2D eigenvalue weighted by molar-refractivity contribution is 6.30. The number of carbonyl (C=O) groups is 3. The molecule has 3 rings (SSSR count). The van der Waals surface area contributed by atoms with Crippen molar-refractivity contribution < 1.29 is 14.4 Å². The number of pyridine rings is 1. The summed E-state index contributed by atoms with van der Waals surface area (Å²) in [6, 6.07) is 18.6. The lowest BCUT2D eigenvalue weighted by Crippen LogP contribution is -2.53. The largest absolute Gasteiger partial charge is 0.301 e. The number of aromatic nitrogens is 1. The van der Waals surface area contributed by atoms with Gasteiger partial charge in [-0.25, -0.2) is 0 Å². The fraction of sp³-hybridized carbons (Fsp3) is 0.200. The highest BCUT2D eigenvalue weighted by atomic mass is 35.5. The van der Waals surface area contributed by atoms with Crippen molar-refractivity contribution in [2.75, 3.05) is 4.90 Å². The number of amides is 1. The van der Waals surface area contributed by atoms with Gasteiger partial charge in [-0.1, -0.05) is 43.6 Å². The monoisotopic (exact) mass is 434 g/mol. The number of anilines is 1. The normalized spacial score (nSPS) is 11.1. The van der Waals surface area contributed by atoms with E-state index < -0.39 is 5.54 Å². The maximum atomic E-state index is 13.6. The maximum absolute atomic E-state index is 13.6. The van der Waals surface area contributed by atoms with Crippen LogP contribution >= 0.6 is 11.6 Å². The Morgan fingerprint density at radius 3 is 2.19 bits per heavy atom. The number of hydrogen-bond acceptors (Lipinski definition) is 4. The lowest BCUT2D eigenvalue weighted by molar-refractivity contribution is -0.112. The Morgan fingerprint density at radius 1 is 0.968 bits per heavy atom. The Balaban J connectivity index is 2.04. The van der Waals surface area contributed by atoms with E-state index in [9.17, 15) is 14.4 Å². The minimum absolute atomic E-state index is 0.144. The summed E-state index contributed by atoms with van der Waals surface area (Å²) >= 11 is 5.90. The quantitative estimate of drug-likeness (QED) is 0.353. The highest BCUT2D eigenvalue weighted by Gasteiger charge is 2.38. The van der Waals surface area contributed by atoms with E-state index >= 15 is 0 Å². The van der Waals surface area contributed by atoms with Crippen LogP contribution in [-0.2, 0) is 4.79 Å². The van der Waals surface area contributed by atoms with Gasteiger partial charge in [-0.2, -0.15) is 0 Å². The average Bonchev–Trinajstić information content (AvgIpc) is 2.83. The van der Waals surface area contributed by atoms with Crippen LogP contribution in [0.1, 0.15) is 53.1 Å². The summed E-state index contributed by atoms with van der Waals surface area (Å²) in [5, 5.41) is 0.524. The van der Waals surface area contributed by atoms with E-state index in [0.29, 0.717) is 29.1 Å². The molecule has 0 radical (unpaired) electrons. The Morgan fingerprint density at radius 2 is 1.61 bits per heavy atom. The molecule has 1 aromatic heterocycles. The number of ketones is 1. The van der Waals surface area contributed by atoms with Crippen LogP contribution in [0.2, 0.25) is 5.02 Å². The molecule has 0 saturated carbocycles. The zero-order valence-electron chi connectivity index (χ0n) is 17.4. The van der Waals surface area contributed by atoms with Crippen molar-refractivity contribution in [2.24, 2.45) is 0 Å². The zero-order valence-corrected chi connectivity index (χ0v) is 18.2. The summed E-state index contributed by atoms with van der Waals surface area (Å²) in [7, 11) is 0. The minimum atomic E-state index is -0.998. The van der Waals surface area contributed by atoms with Crippen LogP contribution in [0.4, 0.5) is 5.69 Å². The standard InChI is InChI=1S/C25H23ClN2O3/c1-3-25(4-2,17-29)28(21-8-6-5-7-9-21)24(31)19-14-15-27-22(16-19)23(30)18-10-12-20(26)13-11-18/h5-17H,3-4H2,1-2H3. The number of halogens is 1. The third kappa shape index (κ3) is 4.57. The van der Waals surface area contributed by atoms with Gasteiger partial charge in [-0.05, 0) is 61.4 Å². The molecule has 3 aromatic rings. The van der Waals surface area contributed by atoms with Crippen molar-refractivity contribution in [2.45, 2.75) is 32.2 Å². The van der Waals surface area contributed by atoms with Crippen LogP contribution in [0.3, 0.4) is 0 Å². The van der Waals surface area contributed by atoms with Gasteiger partial charge in [0, 0.05) is 28.0 Å². The molecule has 0 aliphatic rings. The van der Waals surface area contributed by atoms with E-state index in [4.69, 9.17) is 11.6 Å². The van der Waals surface area contributed by atoms with Crippen LogP contribution in [0.15, 0.2) is 72.9 Å². The zero-order chi connectivity index (χ0) is 22.4. The highest BCUT2D eigenvalue weighted by Crippen LogP contribution is 2.30. The van der Waals surface area contributed by atoms with Crippen molar-refractivity contribution in [1.29, 1.82) is 0 Å². The van der Waals surface area contributed by atoms with Crippen LogP contribution in [-0.4, -0.2) is 28.5 Å². The third-order valence-corrected chi connectivity index (χ3v) is 5.70. The second kappa shape index (κ2) is 9.67. The molecule has 1 amide bonds. The molecule has 158 valence electrons. The van der Waals surface area contributed by atoms with Crippen LogP contribution in [0.25, 0.3) is 0 Å². The first-order valence-corrected chi connectivity index (χ1v) is 10.5. The molecule has 0 unspecified atom stereocenters. The van der Waals surface area contributed by atoms with Crippen molar-refractivity contribution in [1.82, 2.24) is 4.98 Å². The minimum Gasteiger partial charge on any atom is -0.301 e. The summed E-state index contributed by atoms with van der Waals surface area (Å²) in [6.45, 7) is 3.76. The van der Waals surface area contributed by atoms with Gasteiger partial charge in [0.05, 0.1) is 0 Å². The summed E-state index contributed by atoms with van der Waals surface area (Å²) in [4.78, 5) is 44.3. The number of hydrogen-bond donors (Lipinski definition) is 0. The van der Waals surface area contributed by atoms with E-state index in [2.05, 4.69) is 4.98 Å². The Labute approximate surface area is 186 Å². The molecule has 0 spiro atoms. The first-order chi connectivity index (χ1) is 15.0. The Hall–Kier alpha value is -3.31. The van der Waals surface area contributed by atoms with Gasteiger partial charge in [0.25, 0.3) is 5.91 Å². The predicted molar refractivity (Wildman–Crippen MR) is 122 cm³/mol. The molecule has 0 saturated heterocycles. The molecule has 0 bridgehead atoms. The maximum Gasteiger partial charge on any atom is 0.259 e. The van der Waals surface area contributed by atoms with Crippen molar-refractivity contribution in [3.63, 3.8) is 0 Å². The summed E-state index contributed by atoms with van der Waals surface area (Å²) in [6.07, 6.45) is 3.17. The molecule has 6 heteroatoms. The van der Waals surface area contributed by atoms with Gasteiger partial charge in [0.2, 0.25) is 5.78 Å². The van der Waals surface area contributed by atoms with E-state index in [1.165, 1.54) is 17.2 Å². The molecule has 5 nitrogen and oxygen atoms in total. The summed E-state index contributed by atoms with van der Waals surface area (Å²) < 4.78 is 0. The average molecular weight is 435 g/mol. The van der Waals surface area contributed by atoms with Crippen LogP contribution in [0, 0.1) is 0 Å². The molecule has 0 N–H and O–H groups in total. The van der Waals surface area contributed by atoms with Crippen molar-refractivity contribution in [3.05, 3.63) is 94.8 Å². The summed E-state index contributed by atoms with van der Waals surface area (Å²) in [5.74, 6) is -0.681. The SMILES string of the molecule is CCC(C=O)(CC)N(C(=O)c1ccnc(C(=O)c2ccc(Cl)cc2)c1)c1ccccc1. The molecular weight excluding hydrogens is 412 g/mol. The third-order valence-electron chi connectivity index (χ3n) is 5.45. The van der Waals surface area contributed by atoms with Gasteiger partial charge >= 0.3 is 0 Å². The van der Waals surface area contributed by atoms with Gasteiger partial charge in [-0.15, -0.1) is 0 Å². The van der Waals surface area contributed by atoms with E-state index in [0.717, 1.165) is 6.29 Å². The molecule has 0 atom stereocenters. The van der Waals surface area contributed by atoms with E-state index in [1.54, 1.807) is 42.5 Å². The molecule has 0 aliphatic heterocycles. The molecule has 0 aliphatic carbocycles. The predicted octanol–water partition coefficient (Wildman–Crippen LogP) is 5.37. The lowest BCUT2D eigenvalue weighted by atomic mass is 9.90. The first kappa shape index (κ1) is 22.4. The van der Waals surface area contributed by atoms with Crippen LogP contribution in [0.5, 0.6) is 0 Å². The number of nitrogens with zero attached hydrogens (tertiary/aromatic N) is 2. The molecule has 31 heavy (non-hydrogen) atoms. The number of carbonyl (C=O) groups excluding carboxylic acids is 3. The van der Waals surface area contributed by atoms with Crippen LogP contribution < -0.4 is 4.90 Å². The second-order valence-electron chi connectivity index (χ2n) is 7.17. The van der Waals surface area contributed by atoms with Gasteiger partial charge in [0.15, 0.2) is 0 Å². The number of rotatable bonds is 8. The number of aldehydes is 1. The summed E-state index contributed by atoms with van der Waals surface area (Å²) in [5.41, 5.74) is 0.467. The topological polar surface area (TPSA) is 67.3 Å². The molecule has 1 heterocycles. The Kier molecular flexibility index (Phi) is 6.98. The fourth-order valence-electron chi connectivity index (χ4n) is 3.51. The van der Waals surface area contributed by atoms with Gasteiger partial charge in [-0.3, -0.25) is 19.5 Å². The molecule has 0 fully saturated rings. The van der Waals surface area contributed by atoms with Crippen molar-refractivity contribution in [3.8, 4) is 0 Å². The Bertz CT molecular complexity index is 1080. The first-order valence-electron chi connectivity index (χ1n) is 10.1. The van der Waals surface area contributed by atoms with Gasteiger partial charge < -0.3 is 4.79 Å². The molecular formula is C25H23ClN2O3. The lowest BCUT2D eigenvalue weighted by Gasteiger charge is -2.39. The number of benzene rings is 2. The second-order valence-corrected chi connectivity index (χ2v) is 7.61. The van der Waals surface area contributed by atoms with Crippen molar-refractivity contribution >= 4 is 35.3 Å².